The van der Waals surface area contributed by atoms with Crippen LogP contribution in [0.3, 0.4) is 0 Å². The topological polar surface area (TPSA) is 68.5 Å². The number of carbonyl (C=O) groups is 2. The molecule has 0 unspecified atom stereocenters. The first kappa shape index (κ1) is 19.0. The number of halogens is 1. The summed E-state index contributed by atoms with van der Waals surface area (Å²) in [4.78, 5) is 24.5. The number of ether oxygens (including phenoxy) is 1. The summed E-state index contributed by atoms with van der Waals surface area (Å²) in [6.07, 6.45) is 1.55. The number of carbonyl (C=O) groups excluding carboxylic acids is 2. The number of fused-ring (bicyclic) bond motifs is 1. The number of hydrogen-bond donors (Lipinski definition) is 1. The number of anilines is 1. The van der Waals surface area contributed by atoms with Crippen LogP contribution in [0.5, 0.6) is 0 Å². The minimum Gasteiger partial charge on any atom is -0.464 e. The average molecular weight is 386 g/mol. The van der Waals surface area contributed by atoms with Gasteiger partial charge in [-0.25, -0.2) is 0 Å². The molecule has 0 radical (unpaired) electrons. The Balaban J connectivity index is 1.62. The number of esters is 1. The van der Waals surface area contributed by atoms with E-state index in [1.807, 2.05) is 18.2 Å². The van der Waals surface area contributed by atoms with Crippen molar-refractivity contribution in [3.05, 3.63) is 64.9 Å². The molecular formula is C21H20ClNO4. The highest BCUT2D eigenvalue weighted by Gasteiger charge is 2.20. The van der Waals surface area contributed by atoms with Crippen molar-refractivity contribution < 1.29 is 18.7 Å². The number of furan rings is 1. The van der Waals surface area contributed by atoms with Crippen LogP contribution in [0.2, 0.25) is 5.02 Å². The third-order valence-electron chi connectivity index (χ3n) is 4.27. The van der Waals surface area contributed by atoms with E-state index in [1.165, 1.54) is 6.92 Å². The van der Waals surface area contributed by atoms with Crippen molar-refractivity contribution in [2.24, 2.45) is 0 Å². The summed E-state index contributed by atoms with van der Waals surface area (Å²) >= 11 is 6.02. The van der Waals surface area contributed by atoms with Gasteiger partial charge >= 0.3 is 5.97 Å². The molecule has 0 fully saturated rings. The fourth-order valence-corrected chi connectivity index (χ4v) is 2.91. The van der Waals surface area contributed by atoms with Crippen LogP contribution in [-0.2, 0) is 27.2 Å². The highest BCUT2D eigenvalue weighted by atomic mass is 35.5. The van der Waals surface area contributed by atoms with Crippen molar-refractivity contribution in [2.45, 2.75) is 32.8 Å². The van der Waals surface area contributed by atoms with Gasteiger partial charge in [0.1, 0.15) is 5.58 Å². The smallest absolute Gasteiger partial charge is 0.311 e. The first-order valence-electron chi connectivity index (χ1n) is 8.71. The van der Waals surface area contributed by atoms with E-state index in [4.69, 9.17) is 20.8 Å². The van der Waals surface area contributed by atoms with Gasteiger partial charge in [-0.1, -0.05) is 42.8 Å². The van der Waals surface area contributed by atoms with Crippen LogP contribution in [-0.4, -0.2) is 18.0 Å². The number of hydrogen-bond acceptors (Lipinski definition) is 4. The number of amides is 1. The van der Waals surface area contributed by atoms with Gasteiger partial charge < -0.3 is 14.5 Å². The average Bonchev–Trinajstić information content (AvgIpc) is 3.05. The van der Waals surface area contributed by atoms with Gasteiger partial charge in [0.25, 0.3) is 5.91 Å². The van der Waals surface area contributed by atoms with E-state index in [-0.39, 0.29) is 6.42 Å². The molecule has 1 heterocycles. The summed E-state index contributed by atoms with van der Waals surface area (Å²) in [6.45, 7) is 3.59. The van der Waals surface area contributed by atoms with Crippen LogP contribution in [0.15, 0.2) is 53.1 Å². The van der Waals surface area contributed by atoms with Crippen molar-refractivity contribution in [2.75, 3.05) is 5.32 Å². The van der Waals surface area contributed by atoms with Crippen LogP contribution in [0.4, 0.5) is 5.69 Å². The van der Waals surface area contributed by atoms with Gasteiger partial charge in [0.05, 0.1) is 23.4 Å². The molecule has 0 saturated heterocycles. The number of para-hydroxylation sites is 1. The maximum atomic E-state index is 12.2. The van der Waals surface area contributed by atoms with Crippen LogP contribution in [0.25, 0.3) is 11.0 Å². The zero-order chi connectivity index (χ0) is 19.4. The molecule has 2 aromatic carbocycles. The van der Waals surface area contributed by atoms with Gasteiger partial charge in [-0.2, -0.15) is 0 Å². The van der Waals surface area contributed by atoms with Gasteiger partial charge in [0.15, 0.2) is 6.10 Å². The van der Waals surface area contributed by atoms with Gasteiger partial charge in [-0.15, -0.1) is 0 Å². The van der Waals surface area contributed by atoms with Crippen molar-refractivity contribution in [1.82, 2.24) is 0 Å². The fourth-order valence-electron chi connectivity index (χ4n) is 2.73. The Morgan fingerprint density at radius 2 is 2.00 bits per heavy atom. The second-order valence-corrected chi connectivity index (χ2v) is 6.63. The standard InChI is InChI=1S/C21H20ClNO4/c1-3-14-8-9-16-15(12-26-19(16)10-14)11-20(24)27-13(2)21(25)23-18-7-5-4-6-17(18)22/h4-10,12-13H,3,11H2,1-2H3,(H,23,25)/t13-/m1/s1. The number of nitrogens with one attached hydrogen (secondary N) is 1. The predicted molar refractivity (Wildman–Crippen MR) is 105 cm³/mol. The normalized spacial score (nSPS) is 12.0. The van der Waals surface area contributed by atoms with Gasteiger partial charge in [0, 0.05) is 10.9 Å². The molecule has 3 aromatic rings. The molecule has 6 heteroatoms. The summed E-state index contributed by atoms with van der Waals surface area (Å²) in [7, 11) is 0. The molecule has 1 N–H and O–H groups in total. The highest BCUT2D eigenvalue weighted by Crippen LogP contribution is 2.24. The molecule has 0 saturated carbocycles. The molecule has 3 rings (SSSR count). The molecule has 27 heavy (non-hydrogen) atoms. The molecule has 1 atom stereocenters. The van der Waals surface area contributed by atoms with Gasteiger partial charge in [-0.05, 0) is 37.1 Å². The lowest BCUT2D eigenvalue weighted by atomic mass is 10.1. The molecule has 0 bridgehead atoms. The molecule has 5 nitrogen and oxygen atoms in total. The minimum absolute atomic E-state index is 0.0299. The molecule has 0 spiro atoms. The fraction of sp³-hybridized carbons (Fsp3) is 0.238. The molecule has 140 valence electrons. The Hall–Kier alpha value is -2.79. The Labute approximate surface area is 162 Å². The third kappa shape index (κ3) is 4.49. The summed E-state index contributed by atoms with van der Waals surface area (Å²) < 4.78 is 10.8. The molecule has 1 amide bonds. The number of aryl methyl sites for hydroxylation is 1. The maximum absolute atomic E-state index is 12.2. The summed E-state index contributed by atoms with van der Waals surface area (Å²) in [5, 5.41) is 3.94. The van der Waals surface area contributed by atoms with Crippen LogP contribution >= 0.6 is 11.6 Å². The van der Waals surface area contributed by atoms with Crippen molar-refractivity contribution in [3.63, 3.8) is 0 Å². The highest BCUT2D eigenvalue weighted by molar-refractivity contribution is 6.33. The number of benzene rings is 2. The largest absolute Gasteiger partial charge is 0.464 e. The Morgan fingerprint density at radius 1 is 1.22 bits per heavy atom. The van der Waals surface area contributed by atoms with Crippen molar-refractivity contribution in [1.29, 1.82) is 0 Å². The Bertz CT molecular complexity index is 979. The van der Waals surface area contributed by atoms with Crippen LogP contribution in [0.1, 0.15) is 25.0 Å². The lowest BCUT2D eigenvalue weighted by Crippen LogP contribution is -2.30. The molecular weight excluding hydrogens is 366 g/mol. The van der Waals surface area contributed by atoms with E-state index in [1.54, 1.807) is 30.5 Å². The quantitative estimate of drug-likeness (QED) is 0.621. The first-order chi connectivity index (χ1) is 13.0. The Kier molecular flexibility index (Phi) is 5.81. The maximum Gasteiger partial charge on any atom is 0.311 e. The van der Waals surface area contributed by atoms with Crippen molar-refractivity contribution in [3.8, 4) is 0 Å². The molecule has 0 aliphatic rings. The van der Waals surface area contributed by atoms with Gasteiger partial charge in [-0.3, -0.25) is 9.59 Å². The summed E-state index contributed by atoms with van der Waals surface area (Å²) in [5.41, 5.74) is 3.11. The monoisotopic (exact) mass is 385 g/mol. The van der Waals surface area contributed by atoms with Crippen molar-refractivity contribution >= 4 is 40.1 Å². The van der Waals surface area contributed by atoms with E-state index >= 15 is 0 Å². The third-order valence-corrected chi connectivity index (χ3v) is 4.60. The second kappa shape index (κ2) is 8.27. The van der Waals surface area contributed by atoms with Crippen LogP contribution < -0.4 is 5.32 Å². The molecule has 0 aliphatic heterocycles. The SMILES string of the molecule is CCc1ccc2c(CC(=O)O[C@H](C)C(=O)Nc3ccccc3Cl)coc2c1. The van der Waals surface area contributed by atoms with E-state index < -0.39 is 18.0 Å². The Morgan fingerprint density at radius 3 is 2.74 bits per heavy atom. The zero-order valence-electron chi connectivity index (χ0n) is 15.1. The summed E-state index contributed by atoms with van der Waals surface area (Å²) in [5.74, 6) is -0.944. The van der Waals surface area contributed by atoms with E-state index in [2.05, 4.69) is 12.2 Å². The van der Waals surface area contributed by atoms with Crippen LogP contribution in [0, 0.1) is 0 Å². The summed E-state index contributed by atoms with van der Waals surface area (Å²) in [6, 6.07) is 12.8. The van der Waals surface area contributed by atoms with Gasteiger partial charge in [0.2, 0.25) is 0 Å². The lowest BCUT2D eigenvalue weighted by molar-refractivity contribution is -0.152. The minimum atomic E-state index is -0.946. The van der Waals surface area contributed by atoms with E-state index in [9.17, 15) is 9.59 Å². The lowest BCUT2D eigenvalue weighted by Gasteiger charge is -2.14. The molecule has 1 aromatic heterocycles. The number of rotatable bonds is 6. The predicted octanol–water partition coefficient (Wildman–Crippen LogP) is 4.76. The zero-order valence-corrected chi connectivity index (χ0v) is 15.9. The van der Waals surface area contributed by atoms with E-state index in [0.717, 1.165) is 28.5 Å². The van der Waals surface area contributed by atoms with E-state index in [0.29, 0.717) is 10.7 Å². The first-order valence-corrected chi connectivity index (χ1v) is 9.09. The molecule has 0 aliphatic carbocycles. The second-order valence-electron chi connectivity index (χ2n) is 6.22.